The van der Waals surface area contributed by atoms with Crippen molar-refractivity contribution in [1.29, 1.82) is 0 Å². The van der Waals surface area contributed by atoms with Gasteiger partial charge in [0.15, 0.2) is 0 Å². The van der Waals surface area contributed by atoms with Crippen LogP contribution in [0.2, 0.25) is 0 Å². The van der Waals surface area contributed by atoms with Crippen molar-refractivity contribution < 1.29 is 4.74 Å². The van der Waals surface area contributed by atoms with E-state index in [1.165, 1.54) is 5.56 Å². The highest BCUT2D eigenvalue weighted by atomic mass is 16.5. The molecule has 0 unspecified atom stereocenters. The van der Waals surface area contributed by atoms with E-state index < -0.39 is 0 Å². The van der Waals surface area contributed by atoms with E-state index in [1.807, 2.05) is 36.4 Å². The van der Waals surface area contributed by atoms with Crippen LogP contribution in [0.5, 0.6) is 11.5 Å². The van der Waals surface area contributed by atoms with Crippen molar-refractivity contribution in [1.82, 2.24) is 0 Å². The van der Waals surface area contributed by atoms with Crippen LogP contribution in [0.25, 0.3) is 0 Å². The van der Waals surface area contributed by atoms with Gasteiger partial charge in [-0.2, -0.15) is 0 Å². The summed E-state index contributed by atoms with van der Waals surface area (Å²) in [5.41, 5.74) is 8.45. The van der Waals surface area contributed by atoms with Crippen LogP contribution in [0.3, 0.4) is 0 Å². The maximum atomic E-state index is 5.99. The second-order valence-electron chi connectivity index (χ2n) is 4.68. The molecule has 0 heterocycles. The monoisotopic (exact) mass is 255 g/mol. The van der Waals surface area contributed by atoms with Crippen molar-refractivity contribution in [2.24, 2.45) is 5.73 Å². The Kier molecular flexibility index (Phi) is 4.58. The largest absolute Gasteiger partial charge is 0.457 e. The molecule has 0 bridgehead atoms. The van der Waals surface area contributed by atoms with Crippen LogP contribution in [0.4, 0.5) is 0 Å². The molecule has 19 heavy (non-hydrogen) atoms. The van der Waals surface area contributed by atoms with Crippen LogP contribution >= 0.6 is 0 Å². The first-order valence-corrected chi connectivity index (χ1v) is 6.85. The number of hydrogen-bond donors (Lipinski definition) is 1. The second kappa shape index (κ2) is 6.39. The number of hydrogen-bond acceptors (Lipinski definition) is 2. The van der Waals surface area contributed by atoms with E-state index in [2.05, 4.69) is 26.0 Å². The van der Waals surface area contributed by atoms with Gasteiger partial charge in [0.2, 0.25) is 0 Å². The normalized spacial score (nSPS) is 12.2. The molecule has 0 aromatic heterocycles. The molecule has 0 saturated heterocycles. The molecule has 2 aromatic rings. The van der Waals surface area contributed by atoms with Crippen molar-refractivity contribution in [2.45, 2.75) is 32.7 Å². The van der Waals surface area contributed by atoms with Gasteiger partial charge >= 0.3 is 0 Å². The summed E-state index contributed by atoms with van der Waals surface area (Å²) >= 11 is 0. The quantitative estimate of drug-likeness (QED) is 0.856. The lowest BCUT2D eigenvalue weighted by Crippen LogP contribution is -2.07. The predicted molar refractivity (Wildman–Crippen MR) is 79.6 cm³/mol. The summed E-state index contributed by atoms with van der Waals surface area (Å²) in [5, 5.41) is 0. The van der Waals surface area contributed by atoms with Gasteiger partial charge in [0.25, 0.3) is 0 Å². The Hall–Kier alpha value is -1.80. The Balaban J connectivity index is 2.06. The Morgan fingerprint density at radius 2 is 1.42 bits per heavy atom. The number of benzene rings is 2. The molecular weight excluding hydrogens is 234 g/mol. The Labute approximate surface area is 115 Å². The molecule has 2 N–H and O–H groups in total. The molecule has 0 spiro atoms. The van der Waals surface area contributed by atoms with E-state index in [1.54, 1.807) is 0 Å². The molecule has 0 radical (unpaired) electrons. The van der Waals surface area contributed by atoms with Crippen LogP contribution in [-0.2, 0) is 6.42 Å². The third kappa shape index (κ3) is 3.58. The van der Waals surface area contributed by atoms with Gasteiger partial charge in [0.05, 0.1) is 0 Å². The van der Waals surface area contributed by atoms with Gasteiger partial charge in [0.1, 0.15) is 11.5 Å². The number of nitrogens with two attached hydrogens (primary N) is 1. The van der Waals surface area contributed by atoms with Crippen LogP contribution in [0, 0.1) is 0 Å². The zero-order valence-corrected chi connectivity index (χ0v) is 11.6. The molecule has 0 saturated carbocycles. The highest BCUT2D eigenvalue weighted by molar-refractivity contribution is 5.35. The van der Waals surface area contributed by atoms with Gasteiger partial charge in [-0.25, -0.2) is 0 Å². The molecule has 0 aliphatic heterocycles. The van der Waals surface area contributed by atoms with E-state index in [0.717, 1.165) is 29.9 Å². The molecule has 2 nitrogen and oxygen atoms in total. The average molecular weight is 255 g/mol. The van der Waals surface area contributed by atoms with E-state index in [0.29, 0.717) is 0 Å². The molecular formula is C17H21NO. The zero-order valence-electron chi connectivity index (χ0n) is 11.6. The van der Waals surface area contributed by atoms with E-state index in [9.17, 15) is 0 Å². The highest BCUT2D eigenvalue weighted by Crippen LogP contribution is 2.24. The molecule has 100 valence electrons. The zero-order chi connectivity index (χ0) is 13.7. The van der Waals surface area contributed by atoms with Gasteiger partial charge in [-0.3, -0.25) is 0 Å². The minimum absolute atomic E-state index is 0.109. The number of ether oxygens (including phenoxy) is 1. The summed E-state index contributed by atoms with van der Waals surface area (Å²) in [6.07, 6.45) is 1.99. The average Bonchev–Trinajstić information content (AvgIpc) is 2.48. The number of aryl methyl sites for hydroxylation is 1. The molecule has 2 aromatic carbocycles. The second-order valence-corrected chi connectivity index (χ2v) is 4.68. The minimum Gasteiger partial charge on any atom is -0.457 e. The van der Waals surface area contributed by atoms with Crippen LogP contribution in [-0.4, -0.2) is 0 Å². The highest BCUT2D eigenvalue weighted by Gasteiger charge is 2.03. The minimum atomic E-state index is 0.109. The summed E-state index contributed by atoms with van der Waals surface area (Å²) in [6, 6.07) is 16.3. The van der Waals surface area contributed by atoms with Crippen molar-refractivity contribution in [3.8, 4) is 11.5 Å². The fraction of sp³-hybridized carbons (Fsp3) is 0.294. The fourth-order valence-corrected chi connectivity index (χ4v) is 1.95. The molecule has 2 heteroatoms. The summed E-state index contributed by atoms with van der Waals surface area (Å²) < 4.78 is 5.81. The molecule has 2 rings (SSSR count). The summed E-state index contributed by atoms with van der Waals surface area (Å²) in [6.45, 7) is 4.23. The maximum Gasteiger partial charge on any atom is 0.127 e. The topological polar surface area (TPSA) is 35.2 Å². The summed E-state index contributed by atoms with van der Waals surface area (Å²) in [7, 11) is 0. The summed E-state index contributed by atoms with van der Waals surface area (Å²) in [5.74, 6) is 1.71. The predicted octanol–water partition coefficient (Wildman–Crippen LogP) is 4.45. The fourth-order valence-electron chi connectivity index (χ4n) is 1.95. The lowest BCUT2D eigenvalue weighted by atomic mass is 10.1. The Morgan fingerprint density at radius 1 is 0.895 bits per heavy atom. The van der Waals surface area contributed by atoms with Crippen molar-refractivity contribution >= 4 is 0 Å². The lowest BCUT2D eigenvalue weighted by molar-refractivity contribution is 0.482. The van der Waals surface area contributed by atoms with E-state index in [-0.39, 0.29) is 6.04 Å². The first-order valence-electron chi connectivity index (χ1n) is 6.85. The first-order chi connectivity index (χ1) is 9.22. The van der Waals surface area contributed by atoms with Crippen molar-refractivity contribution in [3.05, 3.63) is 59.7 Å². The van der Waals surface area contributed by atoms with Gasteiger partial charge in [-0.05, 0) is 48.2 Å². The molecule has 0 fully saturated rings. The van der Waals surface area contributed by atoms with E-state index >= 15 is 0 Å². The van der Waals surface area contributed by atoms with Gasteiger partial charge in [0, 0.05) is 6.04 Å². The third-order valence-electron chi connectivity index (χ3n) is 3.32. The van der Waals surface area contributed by atoms with Gasteiger partial charge in [-0.1, -0.05) is 38.1 Å². The van der Waals surface area contributed by atoms with Gasteiger partial charge in [-0.15, -0.1) is 0 Å². The Bertz CT molecular complexity index is 502. The van der Waals surface area contributed by atoms with Crippen LogP contribution in [0.15, 0.2) is 48.5 Å². The molecule has 0 aliphatic rings. The van der Waals surface area contributed by atoms with E-state index in [4.69, 9.17) is 10.5 Å². The molecule has 0 aliphatic carbocycles. The smallest absolute Gasteiger partial charge is 0.127 e. The third-order valence-corrected chi connectivity index (χ3v) is 3.32. The van der Waals surface area contributed by atoms with Crippen molar-refractivity contribution in [2.75, 3.05) is 0 Å². The number of rotatable bonds is 5. The molecule has 0 amide bonds. The lowest BCUT2D eigenvalue weighted by Gasteiger charge is -2.11. The standard InChI is InChI=1S/C17H21NO/c1-3-13-5-9-15(10-6-13)19-16-11-7-14(8-12-16)17(18)4-2/h5-12,17H,3-4,18H2,1-2H3/t17-/m0/s1. The Morgan fingerprint density at radius 3 is 1.89 bits per heavy atom. The molecule has 1 atom stereocenters. The SMILES string of the molecule is CCc1ccc(Oc2ccc([C@@H](N)CC)cc2)cc1. The summed E-state index contributed by atoms with van der Waals surface area (Å²) in [4.78, 5) is 0. The van der Waals surface area contributed by atoms with Crippen LogP contribution < -0.4 is 10.5 Å². The maximum absolute atomic E-state index is 5.99. The van der Waals surface area contributed by atoms with Crippen molar-refractivity contribution in [3.63, 3.8) is 0 Å². The van der Waals surface area contributed by atoms with Crippen LogP contribution in [0.1, 0.15) is 37.4 Å². The van der Waals surface area contributed by atoms with Gasteiger partial charge < -0.3 is 10.5 Å². The first kappa shape index (κ1) is 13.6.